The molecule has 0 spiro atoms. The van der Waals surface area contributed by atoms with E-state index < -0.39 is 0 Å². The Hall–Kier alpha value is -2.36. The molecule has 4 nitrogen and oxygen atoms in total. The van der Waals surface area contributed by atoms with Crippen molar-refractivity contribution in [2.24, 2.45) is 0 Å². The van der Waals surface area contributed by atoms with Crippen molar-refractivity contribution in [3.63, 3.8) is 0 Å². The van der Waals surface area contributed by atoms with Crippen molar-refractivity contribution < 1.29 is 9.47 Å². The molecule has 0 aliphatic carbocycles. The molecule has 30 heavy (non-hydrogen) atoms. The minimum atomic E-state index is 0.659. The van der Waals surface area contributed by atoms with E-state index in [9.17, 15) is 0 Å². The fourth-order valence-corrected chi connectivity index (χ4v) is 3.49. The minimum Gasteiger partial charge on any atom is -0.491 e. The molecule has 0 fully saturated rings. The van der Waals surface area contributed by atoms with Gasteiger partial charge in [0, 0.05) is 0 Å². The van der Waals surface area contributed by atoms with Gasteiger partial charge in [-0.1, -0.05) is 77.3 Å². The number of rotatable bonds is 15. The minimum absolute atomic E-state index is 0.659. The standard InChI is InChI=1S/C26H40N2O2/c1-3-5-7-9-11-17-29-25-15-13-21(19-23(25)27)22-14-16-26(24(28)20-22)30-18-12-10-8-6-4-2/h13-16,19-20H,3-12,17-18,27-28H2,1-2H3. The lowest BCUT2D eigenvalue weighted by Gasteiger charge is -2.13. The number of unbranched alkanes of at least 4 members (excludes halogenated alkanes) is 8. The maximum absolute atomic E-state index is 6.22. The van der Waals surface area contributed by atoms with E-state index in [2.05, 4.69) is 13.8 Å². The summed E-state index contributed by atoms with van der Waals surface area (Å²) in [5, 5.41) is 0. The first-order valence-corrected chi connectivity index (χ1v) is 11.7. The highest BCUT2D eigenvalue weighted by Crippen LogP contribution is 2.32. The van der Waals surface area contributed by atoms with Crippen molar-refractivity contribution in [3.8, 4) is 22.6 Å². The van der Waals surface area contributed by atoms with Crippen LogP contribution in [0.1, 0.15) is 78.1 Å². The first-order valence-electron chi connectivity index (χ1n) is 11.7. The summed E-state index contributed by atoms with van der Waals surface area (Å²) in [4.78, 5) is 0. The van der Waals surface area contributed by atoms with Gasteiger partial charge in [0.05, 0.1) is 24.6 Å². The van der Waals surface area contributed by atoms with Crippen molar-refractivity contribution in [2.75, 3.05) is 24.7 Å². The molecule has 2 aromatic carbocycles. The van der Waals surface area contributed by atoms with Gasteiger partial charge in [0.15, 0.2) is 0 Å². The zero-order chi connectivity index (χ0) is 21.6. The molecule has 0 heterocycles. The van der Waals surface area contributed by atoms with Crippen LogP contribution in [-0.4, -0.2) is 13.2 Å². The summed E-state index contributed by atoms with van der Waals surface area (Å²) in [6.07, 6.45) is 12.2. The SMILES string of the molecule is CCCCCCCOc1ccc(-c2ccc(OCCCCCCC)c(N)c2)cc1N. The summed E-state index contributed by atoms with van der Waals surface area (Å²) in [6.45, 7) is 5.88. The Morgan fingerprint density at radius 3 is 1.33 bits per heavy atom. The van der Waals surface area contributed by atoms with E-state index in [0.717, 1.165) is 35.5 Å². The van der Waals surface area contributed by atoms with Crippen molar-refractivity contribution in [3.05, 3.63) is 36.4 Å². The van der Waals surface area contributed by atoms with Crippen LogP contribution in [0, 0.1) is 0 Å². The maximum Gasteiger partial charge on any atom is 0.142 e. The fraction of sp³-hybridized carbons (Fsp3) is 0.538. The smallest absolute Gasteiger partial charge is 0.142 e. The summed E-state index contributed by atoms with van der Waals surface area (Å²) in [7, 11) is 0. The molecule has 2 aromatic rings. The van der Waals surface area contributed by atoms with Crippen molar-refractivity contribution in [2.45, 2.75) is 78.1 Å². The highest BCUT2D eigenvalue weighted by molar-refractivity contribution is 5.74. The van der Waals surface area contributed by atoms with Crippen LogP contribution in [0.2, 0.25) is 0 Å². The van der Waals surface area contributed by atoms with Gasteiger partial charge in [-0.3, -0.25) is 0 Å². The average Bonchev–Trinajstić information content (AvgIpc) is 2.75. The summed E-state index contributed by atoms with van der Waals surface area (Å²) >= 11 is 0. The molecule has 0 aliphatic rings. The van der Waals surface area contributed by atoms with E-state index in [1.807, 2.05) is 36.4 Å². The van der Waals surface area contributed by atoms with E-state index in [1.54, 1.807) is 0 Å². The molecule has 4 heteroatoms. The van der Waals surface area contributed by atoms with Crippen molar-refractivity contribution in [1.82, 2.24) is 0 Å². The molecule has 0 amide bonds. The van der Waals surface area contributed by atoms with Crippen LogP contribution in [0.15, 0.2) is 36.4 Å². The monoisotopic (exact) mass is 412 g/mol. The molecular formula is C26H40N2O2. The molecule has 4 N–H and O–H groups in total. The van der Waals surface area contributed by atoms with Gasteiger partial charge >= 0.3 is 0 Å². The van der Waals surface area contributed by atoms with E-state index in [4.69, 9.17) is 20.9 Å². The van der Waals surface area contributed by atoms with Crippen LogP contribution in [0.5, 0.6) is 11.5 Å². The molecule has 0 aliphatic heterocycles. The number of anilines is 2. The van der Waals surface area contributed by atoms with Crippen LogP contribution >= 0.6 is 0 Å². The normalized spacial score (nSPS) is 10.9. The molecule has 0 saturated carbocycles. The summed E-state index contributed by atoms with van der Waals surface area (Å²) < 4.78 is 11.7. The quantitative estimate of drug-likeness (QED) is 0.239. The average molecular weight is 413 g/mol. The molecule has 0 radical (unpaired) electrons. The Morgan fingerprint density at radius 2 is 0.967 bits per heavy atom. The first kappa shape index (κ1) is 23.9. The Kier molecular flexibility index (Phi) is 11.0. The number of ether oxygens (including phenoxy) is 2. The zero-order valence-corrected chi connectivity index (χ0v) is 18.9. The molecule has 0 atom stereocenters. The molecule has 0 unspecified atom stereocenters. The van der Waals surface area contributed by atoms with E-state index >= 15 is 0 Å². The van der Waals surface area contributed by atoms with Crippen LogP contribution in [0.25, 0.3) is 11.1 Å². The molecular weight excluding hydrogens is 372 g/mol. The van der Waals surface area contributed by atoms with Crippen LogP contribution in [0.4, 0.5) is 11.4 Å². The van der Waals surface area contributed by atoms with Gasteiger partial charge in [-0.15, -0.1) is 0 Å². The second kappa shape index (κ2) is 13.8. The van der Waals surface area contributed by atoms with Gasteiger partial charge in [-0.05, 0) is 48.2 Å². The van der Waals surface area contributed by atoms with Crippen LogP contribution in [0.3, 0.4) is 0 Å². The molecule has 0 saturated heterocycles. The lowest BCUT2D eigenvalue weighted by Crippen LogP contribution is -2.01. The van der Waals surface area contributed by atoms with Crippen LogP contribution in [-0.2, 0) is 0 Å². The van der Waals surface area contributed by atoms with Crippen molar-refractivity contribution in [1.29, 1.82) is 0 Å². The summed E-state index contributed by atoms with van der Waals surface area (Å²) in [5.74, 6) is 1.51. The Bertz CT molecular complexity index is 682. The number of nitrogen functional groups attached to an aromatic ring is 2. The van der Waals surface area contributed by atoms with E-state index in [-0.39, 0.29) is 0 Å². The van der Waals surface area contributed by atoms with Gasteiger partial charge in [0.1, 0.15) is 11.5 Å². The number of hydrogen-bond acceptors (Lipinski definition) is 4. The van der Waals surface area contributed by atoms with Gasteiger partial charge < -0.3 is 20.9 Å². The third kappa shape index (κ3) is 8.17. The molecule has 166 valence electrons. The Morgan fingerprint density at radius 1 is 0.567 bits per heavy atom. The number of nitrogens with two attached hydrogens (primary N) is 2. The summed E-state index contributed by atoms with van der Waals surface area (Å²) in [6, 6.07) is 11.9. The van der Waals surface area contributed by atoms with Crippen molar-refractivity contribution >= 4 is 11.4 Å². The van der Waals surface area contributed by atoms with Gasteiger partial charge in [0.25, 0.3) is 0 Å². The predicted octanol–water partition coefficient (Wildman–Crippen LogP) is 7.22. The van der Waals surface area contributed by atoms with Crippen LogP contribution < -0.4 is 20.9 Å². The third-order valence-electron chi connectivity index (χ3n) is 5.36. The fourth-order valence-electron chi connectivity index (χ4n) is 3.49. The Balaban J connectivity index is 1.86. The topological polar surface area (TPSA) is 70.5 Å². The van der Waals surface area contributed by atoms with Gasteiger partial charge in [-0.25, -0.2) is 0 Å². The van der Waals surface area contributed by atoms with E-state index in [1.165, 1.54) is 51.4 Å². The molecule has 2 rings (SSSR count). The maximum atomic E-state index is 6.22. The third-order valence-corrected chi connectivity index (χ3v) is 5.36. The molecule has 0 aromatic heterocycles. The first-order chi connectivity index (χ1) is 14.7. The number of hydrogen-bond donors (Lipinski definition) is 2. The summed E-state index contributed by atoms with van der Waals surface area (Å²) in [5.41, 5.74) is 15.8. The second-order valence-electron chi connectivity index (χ2n) is 8.03. The number of benzene rings is 2. The largest absolute Gasteiger partial charge is 0.491 e. The lowest BCUT2D eigenvalue weighted by molar-refractivity contribution is 0.306. The zero-order valence-electron chi connectivity index (χ0n) is 18.9. The van der Waals surface area contributed by atoms with E-state index in [0.29, 0.717) is 24.6 Å². The predicted molar refractivity (Wildman–Crippen MR) is 129 cm³/mol. The lowest BCUT2D eigenvalue weighted by atomic mass is 10.0. The van der Waals surface area contributed by atoms with Gasteiger partial charge in [-0.2, -0.15) is 0 Å². The molecule has 0 bridgehead atoms. The second-order valence-corrected chi connectivity index (χ2v) is 8.03. The van der Waals surface area contributed by atoms with Gasteiger partial charge in [0.2, 0.25) is 0 Å². The highest BCUT2D eigenvalue weighted by Gasteiger charge is 2.07. The Labute approximate surface area is 183 Å². The highest BCUT2D eigenvalue weighted by atomic mass is 16.5.